The summed E-state index contributed by atoms with van der Waals surface area (Å²) in [6.07, 6.45) is 5.89. The smallest absolute Gasteiger partial charge is 0.504 e. The quantitative estimate of drug-likeness (QED) is 0.409. The van der Waals surface area contributed by atoms with Crippen LogP contribution in [0.15, 0.2) is 6.07 Å². The molecule has 0 aliphatic rings. The fourth-order valence-electron chi connectivity index (χ4n) is 2.54. The number of hydrogen-bond acceptors (Lipinski definition) is 3. The van der Waals surface area contributed by atoms with Gasteiger partial charge in [-0.2, -0.15) is 0 Å². The molecule has 0 radical (unpaired) electrons. The first-order valence-corrected chi connectivity index (χ1v) is 7.76. The Morgan fingerprint density at radius 1 is 1.14 bits per heavy atom. The van der Waals surface area contributed by atoms with Gasteiger partial charge in [-0.05, 0) is 55.4 Å². The first kappa shape index (κ1) is 17.3. The lowest BCUT2D eigenvalue weighted by molar-refractivity contribution is 0.142. The van der Waals surface area contributed by atoms with Gasteiger partial charge in [0.1, 0.15) is 0 Å². The molecule has 0 saturated carbocycles. The maximum atomic E-state index is 10.7. The summed E-state index contributed by atoms with van der Waals surface area (Å²) in [7, 11) is 0. The van der Waals surface area contributed by atoms with Crippen LogP contribution in [0.25, 0.3) is 0 Å². The van der Waals surface area contributed by atoms with E-state index >= 15 is 0 Å². The lowest BCUT2D eigenvalue weighted by atomic mass is 9.92. The molecule has 1 aromatic rings. The van der Waals surface area contributed by atoms with Gasteiger partial charge < -0.3 is 14.9 Å². The molecule has 0 saturated heterocycles. The summed E-state index contributed by atoms with van der Waals surface area (Å²) >= 11 is 0. The van der Waals surface area contributed by atoms with Crippen LogP contribution in [0.5, 0.6) is 11.5 Å². The molecule has 0 amide bonds. The van der Waals surface area contributed by atoms with E-state index in [0.717, 1.165) is 61.6 Å². The van der Waals surface area contributed by atoms with Crippen molar-refractivity contribution < 1.29 is 19.7 Å². The molecular formula is C17H26O4. The van der Waals surface area contributed by atoms with Crippen molar-refractivity contribution in [3.8, 4) is 11.5 Å². The normalized spacial score (nSPS) is 10.6. The van der Waals surface area contributed by atoms with Crippen molar-refractivity contribution in [2.24, 2.45) is 0 Å². The second kappa shape index (κ2) is 8.55. The average Bonchev–Trinajstić information content (AvgIpc) is 2.43. The van der Waals surface area contributed by atoms with Gasteiger partial charge in [0.05, 0.1) is 0 Å². The summed E-state index contributed by atoms with van der Waals surface area (Å²) in [6, 6.07) is 1.69. The van der Waals surface area contributed by atoms with Crippen LogP contribution >= 0.6 is 0 Å². The number of aryl methyl sites for hydroxylation is 1. The molecule has 0 fully saturated rings. The van der Waals surface area contributed by atoms with E-state index in [9.17, 15) is 9.90 Å². The van der Waals surface area contributed by atoms with Crippen molar-refractivity contribution in [3.05, 3.63) is 22.8 Å². The Bertz CT molecular complexity index is 480. The minimum atomic E-state index is -1.40. The van der Waals surface area contributed by atoms with Gasteiger partial charge in [0.15, 0.2) is 11.5 Å². The number of carboxylic acid groups (broad SMARTS) is 1. The predicted octanol–water partition coefficient (Wildman–Crippen LogP) is 4.83. The van der Waals surface area contributed by atoms with Gasteiger partial charge in [-0.15, -0.1) is 0 Å². The Morgan fingerprint density at radius 2 is 1.81 bits per heavy atom. The predicted molar refractivity (Wildman–Crippen MR) is 83.3 cm³/mol. The molecule has 0 aromatic heterocycles. The molecule has 1 rings (SSSR count). The van der Waals surface area contributed by atoms with Gasteiger partial charge >= 0.3 is 6.16 Å². The summed E-state index contributed by atoms with van der Waals surface area (Å²) in [4.78, 5) is 10.7. The third-order valence-electron chi connectivity index (χ3n) is 3.76. The third-order valence-corrected chi connectivity index (χ3v) is 3.76. The monoisotopic (exact) mass is 294 g/mol. The zero-order valence-electron chi connectivity index (χ0n) is 13.2. The fourth-order valence-corrected chi connectivity index (χ4v) is 2.54. The molecule has 1 aromatic carbocycles. The number of ether oxygens (including phenoxy) is 1. The van der Waals surface area contributed by atoms with Crippen LogP contribution in [0.2, 0.25) is 0 Å². The van der Waals surface area contributed by atoms with Gasteiger partial charge in [0, 0.05) is 0 Å². The highest BCUT2D eigenvalue weighted by Crippen LogP contribution is 2.36. The maximum absolute atomic E-state index is 10.7. The Morgan fingerprint density at radius 3 is 2.38 bits per heavy atom. The van der Waals surface area contributed by atoms with E-state index in [2.05, 4.69) is 13.8 Å². The van der Waals surface area contributed by atoms with Crippen LogP contribution in [0, 0.1) is 6.92 Å². The fraction of sp³-hybridized carbons (Fsp3) is 0.588. The minimum absolute atomic E-state index is 0.0479. The molecule has 4 heteroatoms. The number of phenols is 1. The number of aromatic hydroxyl groups is 1. The standard InChI is InChI=1S/C17H26O4/c1-4-6-8-9-13-11-15(21-17(19)20)16(18)12(3)14(13)10-7-5-2/h11,18H,4-10H2,1-3H3,(H,19,20). The van der Waals surface area contributed by atoms with Crippen molar-refractivity contribution in [1.29, 1.82) is 0 Å². The average molecular weight is 294 g/mol. The van der Waals surface area contributed by atoms with Gasteiger partial charge in [-0.25, -0.2) is 4.79 Å². The highest BCUT2D eigenvalue weighted by Gasteiger charge is 2.17. The van der Waals surface area contributed by atoms with Crippen molar-refractivity contribution in [3.63, 3.8) is 0 Å². The molecule has 0 bridgehead atoms. The molecular weight excluding hydrogens is 268 g/mol. The Kier molecular flexibility index (Phi) is 7.06. The van der Waals surface area contributed by atoms with Gasteiger partial charge in [-0.3, -0.25) is 0 Å². The number of unbranched alkanes of at least 4 members (excludes halogenated alkanes) is 3. The molecule has 2 N–H and O–H groups in total. The van der Waals surface area contributed by atoms with Gasteiger partial charge in [-0.1, -0.05) is 33.1 Å². The van der Waals surface area contributed by atoms with E-state index in [-0.39, 0.29) is 11.5 Å². The second-order valence-corrected chi connectivity index (χ2v) is 5.41. The van der Waals surface area contributed by atoms with E-state index in [4.69, 9.17) is 9.84 Å². The molecule has 0 spiro atoms. The number of hydrogen-bond donors (Lipinski definition) is 2. The highest BCUT2D eigenvalue weighted by atomic mass is 16.7. The number of phenolic OH excluding ortho intramolecular Hbond substituents is 1. The van der Waals surface area contributed by atoms with Gasteiger partial charge in [0.25, 0.3) is 0 Å². The molecule has 0 unspecified atom stereocenters. The first-order chi connectivity index (χ1) is 10.0. The minimum Gasteiger partial charge on any atom is -0.504 e. The summed E-state index contributed by atoms with van der Waals surface area (Å²) < 4.78 is 4.70. The van der Waals surface area contributed by atoms with E-state index in [1.54, 1.807) is 6.07 Å². The van der Waals surface area contributed by atoms with E-state index in [1.165, 1.54) is 0 Å². The Labute approximate surface area is 126 Å². The van der Waals surface area contributed by atoms with Crippen molar-refractivity contribution in [2.75, 3.05) is 0 Å². The van der Waals surface area contributed by atoms with Crippen molar-refractivity contribution >= 4 is 6.16 Å². The summed E-state index contributed by atoms with van der Waals surface area (Å²) in [5, 5.41) is 18.9. The molecule has 4 nitrogen and oxygen atoms in total. The zero-order valence-corrected chi connectivity index (χ0v) is 13.2. The molecule has 0 heterocycles. The summed E-state index contributed by atoms with van der Waals surface area (Å²) in [5.74, 6) is -0.00510. The van der Waals surface area contributed by atoms with E-state index in [1.807, 2.05) is 6.92 Å². The van der Waals surface area contributed by atoms with E-state index in [0.29, 0.717) is 0 Å². The first-order valence-electron chi connectivity index (χ1n) is 7.76. The Balaban J connectivity index is 3.13. The van der Waals surface area contributed by atoms with Crippen molar-refractivity contribution in [1.82, 2.24) is 0 Å². The van der Waals surface area contributed by atoms with Crippen LogP contribution in [0.3, 0.4) is 0 Å². The van der Waals surface area contributed by atoms with Crippen LogP contribution in [-0.2, 0) is 12.8 Å². The van der Waals surface area contributed by atoms with Gasteiger partial charge in [0.2, 0.25) is 0 Å². The third kappa shape index (κ3) is 4.96. The number of rotatable bonds is 8. The molecule has 0 aliphatic heterocycles. The maximum Gasteiger partial charge on any atom is 0.511 e. The van der Waals surface area contributed by atoms with Crippen LogP contribution in [-0.4, -0.2) is 16.4 Å². The van der Waals surface area contributed by atoms with Crippen LogP contribution in [0.1, 0.15) is 62.6 Å². The lowest BCUT2D eigenvalue weighted by Gasteiger charge is -2.16. The molecule has 0 aliphatic carbocycles. The molecule has 118 valence electrons. The van der Waals surface area contributed by atoms with Crippen molar-refractivity contribution in [2.45, 2.75) is 65.7 Å². The second-order valence-electron chi connectivity index (χ2n) is 5.41. The van der Waals surface area contributed by atoms with Crippen LogP contribution < -0.4 is 4.74 Å². The summed E-state index contributed by atoms with van der Waals surface area (Å²) in [6.45, 7) is 6.12. The lowest BCUT2D eigenvalue weighted by Crippen LogP contribution is -2.06. The van der Waals surface area contributed by atoms with E-state index < -0.39 is 6.16 Å². The SMILES string of the molecule is CCCCCc1cc(OC(=O)O)c(O)c(C)c1CCCC. The Hall–Kier alpha value is -1.71. The number of benzene rings is 1. The summed E-state index contributed by atoms with van der Waals surface area (Å²) in [5.41, 5.74) is 2.99. The molecule has 21 heavy (non-hydrogen) atoms. The molecule has 0 atom stereocenters. The highest BCUT2D eigenvalue weighted by molar-refractivity contribution is 5.65. The van der Waals surface area contributed by atoms with Crippen LogP contribution in [0.4, 0.5) is 4.79 Å². The topological polar surface area (TPSA) is 66.8 Å². The largest absolute Gasteiger partial charge is 0.511 e. The zero-order chi connectivity index (χ0) is 15.8. The number of carbonyl (C=O) groups is 1.